The number of aryl methyl sites for hydroxylation is 1. The van der Waals surface area contributed by atoms with Crippen molar-refractivity contribution in [2.24, 2.45) is 0 Å². The number of thiazole rings is 1. The van der Waals surface area contributed by atoms with Gasteiger partial charge in [0.25, 0.3) is 0 Å². The zero-order chi connectivity index (χ0) is 16.5. The number of nitrogens with zero attached hydrogens (tertiary/aromatic N) is 3. The van der Waals surface area contributed by atoms with Gasteiger partial charge in [0.15, 0.2) is 0 Å². The molecule has 3 heterocycles. The van der Waals surface area contributed by atoms with Crippen molar-refractivity contribution in [3.63, 3.8) is 0 Å². The average Bonchev–Trinajstić information content (AvgIpc) is 3.17. The first-order valence-corrected chi connectivity index (χ1v) is 9.40. The van der Waals surface area contributed by atoms with Gasteiger partial charge in [0, 0.05) is 36.6 Å². The van der Waals surface area contributed by atoms with Gasteiger partial charge in [-0.3, -0.25) is 4.79 Å². The molecule has 1 N–H and O–H groups in total. The predicted octanol–water partition coefficient (Wildman–Crippen LogP) is 2.97. The van der Waals surface area contributed by atoms with Crippen molar-refractivity contribution in [3.8, 4) is 0 Å². The molecule has 0 saturated carbocycles. The highest BCUT2D eigenvalue weighted by atomic mass is 32.1. The molecule has 1 fully saturated rings. The molecule has 5 nitrogen and oxygen atoms in total. The molecule has 3 aromatic rings. The second-order valence-electron chi connectivity index (χ2n) is 6.57. The summed E-state index contributed by atoms with van der Waals surface area (Å²) in [6, 6.07) is 8.21. The Morgan fingerprint density at radius 3 is 3.00 bits per heavy atom. The van der Waals surface area contributed by atoms with Crippen molar-refractivity contribution in [1.29, 1.82) is 0 Å². The highest BCUT2D eigenvalue weighted by molar-refractivity contribution is 7.07. The topological polar surface area (TPSA) is 53.9 Å². The van der Waals surface area contributed by atoms with E-state index in [4.69, 9.17) is 4.98 Å². The number of H-pyrrole nitrogens is 1. The number of rotatable bonds is 4. The molecule has 4 rings (SSSR count). The number of aromatic amines is 1. The minimum Gasteiger partial charge on any atom is -0.342 e. The molecule has 6 heteroatoms. The maximum Gasteiger partial charge on any atom is 0.307 e. The van der Waals surface area contributed by atoms with Crippen LogP contribution in [0.2, 0.25) is 0 Å². The molecular formula is C18H22N4OS. The first kappa shape index (κ1) is 15.6. The molecule has 1 aromatic carbocycles. The van der Waals surface area contributed by atoms with Crippen molar-refractivity contribution in [2.45, 2.75) is 32.2 Å². The average molecular weight is 342 g/mol. The zero-order valence-electron chi connectivity index (χ0n) is 13.9. The van der Waals surface area contributed by atoms with Gasteiger partial charge in [0.05, 0.1) is 11.0 Å². The van der Waals surface area contributed by atoms with Gasteiger partial charge in [-0.1, -0.05) is 23.5 Å². The monoisotopic (exact) mass is 342 g/mol. The van der Waals surface area contributed by atoms with Gasteiger partial charge in [-0.15, -0.1) is 0 Å². The van der Waals surface area contributed by atoms with E-state index < -0.39 is 0 Å². The number of fused-ring (bicyclic) bond motifs is 1. The van der Waals surface area contributed by atoms with E-state index in [0.29, 0.717) is 5.92 Å². The number of hydrogen-bond donors (Lipinski definition) is 1. The third-order valence-electron chi connectivity index (χ3n) is 4.92. The van der Waals surface area contributed by atoms with Crippen LogP contribution < -0.4 is 4.87 Å². The highest BCUT2D eigenvalue weighted by Gasteiger charge is 2.23. The summed E-state index contributed by atoms with van der Waals surface area (Å²) in [5.74, 6) is 1.55. The maximum atomic E-state index is 11.8. The van der Waals surface area contributed by atoms with Gasteiger partial charge in [-0.25, -0.2) is 4.98 Å². The second-order valence-corrected chi connectivity index (χ2v) is 7.39. The van der Waals surface area contributed by atoms with Crippen molar-refractivity contribution >= 4 is 22.4 Å². The van der Waals surface area contributed by atoms with E-state index in [1.54, 1.807) is 0 Å². The Balaban J connectivity index is 1.44. The lowest BCUT2D eigenvalue weighted by atomic mass is 9.97. The molecule has 1 unspecified atom stereocenters. The molecule has 1 saturated heterocycles. The first-order valence-electron chi connectivity index (χ1n) is 8.52. The van der Waals surface area contributed by atoms with Crippen LogP contribution in [0, 0.1) is 6.92 Å². The minimum atomic E-state index is 0.151. The van der Waals surface area contributed by atoms with Crippen LogP contribution in [0.25, 0.3) is 11.0 Å². The van der Waals surface area contributed by atoms with Gasteiger partial charge in [0.2, 0.25) is 0 Å². The Hall–Kier alpha value is -1.92. The molecule has 126 valence electrons. The molecule has 0 aliphatic carbocycles. The number of likely N-dealkylation sites (tertiary alicyclic amines) is 1. The maximum absolute atomic E-state index is 11.8. The second kappa shape index (κ2) is 6.53. The van der Waals surface area contributed by atoms with Crippen LogP contribution in [0.3, 0.4) is 0 Å². The standard InChI is InChI=1S/C18H22N4OS/c1-13-12-24-18(23)22(13)10-9-21-8-4-5-14(11-21)17-19-15-6-2-3-7-16(15)20-17/h2-3,6-7,12,14H,4-5,8-11H2,1H3,(H,19,20). The fourth-order valence-electron chi connectivity index (χ4n) is 3.56. The number of benzene rings is 1. The van der Waals surface area contributed by atoms with E-state index in [1.165, 1.54) is 24.2 Å². The quantitative estimate of drug-likeness (QED) is 0.793. The number of nitrogens with one attached hydrogen (secondary N) is 1. The largest absolute Gasteiger partial charge is 0.342 e. The van der Waals surface area contributed by atoms with Crippen molar-refractivity contribution in [2.75, 3.05) is 19.6 Å². The molecule has 0 bridgehead atoms. The van der Waals surface area contributed by atoms with Gasteiger partial charge in [0.1, 0.15) is 5.82 Å². The molecule has 1 atom stereocenters. The Labute approximate surface area is 145 Å². The normalized spacial score (nSPS) is 19.1. The Morgan fingerprint density at radius 1 is 1.33 bits per heavy atom. The summed E-state index contributed by atoms with van der Waals surface area (Å²) in [4.78, 5) is 22.7. The number of hydrogen-bond acceptors (Lipinski definition) is 4. The highest BCUT2D eigenvalue weighted by Crippen LogP contribution is 2.26. The van der Waals surface area contributed by atoms with Crippen molar-refractivity contribution in [1.82, 2.24) is 19.4 Å². The lowest BCUT2D eigenvalue weighted by Crippen LogP contribution is -2.37. The lowest BCUT2D eigenvalue weighted by molar-refractivity contribution is 0.197. The molecule has 0 spiro atoms. The van der Waals surface area contributed by atoms with Gasteiger partial charge in [-0.2, -0.15) is 0 Å². The molecule has 0 radical (unpaired) electrons. The summed E-state index contributed by atoms with van der Waals surface area (Å²) in [5.41, 5.74) is 3.23. The molecule has 24 heavy (non-hydrogen) atoms. The summed E-state index contributed by atoms with van der Waals surface area (Å²) < 4.78 is 1.88. The van der Waals surface area contributed by atoms with E-state index in [-0.39, 0.29) is 4.87 Å². The minimum absolute atomic E-state index is 0.151. The smallest absolute Gasteiger partial charge is 0.307 e. The van der Waals surface area contributed by atoms with E-state index >= 15 is 0 Å². The van der Waals surface area contributed by atoms with Crippen LogP contribution in [-0.2, 0) is 6.54 Å². The van der Waals surface area contributed by atoms with E-state index in [1.807, 2.05) is 29.0 Å². The van der Waals surface area contributed by atoms with E-state index in [0.717, 1.165) is 48.7 Å². The summed E-state index contributed by atoms with van der Waals surface area (Å²) >= 11 is 1.29. The third kappa shape index (κ3) is 3.03. The summed E-state index contributed by atoms with van der Waals surface area (Å²) in [5, 5.41) is 1.94. The summed E-state index contributed by atoms with van der Waals surface area (Å²) in [6.07, 6.45) is 2.35. The number of aromatic nitrogens is 3. The van der Waals surface area contributed by atoms with Crippen LogP contribution >= 0.6 is 11.3 Å². The van der Waals surface area contributed by atoms with Crippen molar-refractivity contribution < 1.29 is 0 Å². The fraction of sp³-hybridized carbons (Fsp3) is 0.444. The SMILES string of the molecule is Cc1csc(=O)n1CCN1CCCC(c2nc3ccccc3[nH]2)C1. The predicted molar refractivity (Wildman–Crippen MR) is 97.8 cm³/mol. The molecule has 1 aliphatic heterocycles. The molecular weight excluding hydrogens is 320 g/mol. The number of piperidine rings is 1. The Kier molecular flexibility index (Phi) is 4.24. The third-order valence-corrected chi connectivity index (χ3v) is 5.80. The van der Waals surface area contributed by atoms with Crippen LogP contribution in [0.4, 0.5) is 0 Å². The van der Waals surface area contributed by atoms with Crippen LogP contribution in [0.15, 0.2) is 34.4 Å². The van der Waals surface area contributed by atoms with Gasteiger partial charge < -0.3 is 14.5 Å². The summed E-state index contributed by atoms with van der Waals surface area (Å²) in [7, 11) is 0. The van der Waals surface area contributed by atoms with Gasteiger partial charge in [-0.05, 0) is 38.4 Å². The zero-order valence-corrected chi connectivity index (χ0v) is 14.7. The Morgan fingerprint density at radius 2 is 2.21 bits per heavy atom. The molecule has 1 aliphatic rings. The van der Waals surface area contributed by atoms with Crippen molar-refractivity contribution in [3.05, 3.63) is 50.8 Å². The molecule has 0 amide bonds. The number of imidazole rings is 1. The van der Waals surface area contributed by atoms with E-state index in [2.05, 4.69) is 22.0 Å². The van der Waals surface area contributed by atoms with E-state index in [9.17, 15) is 4.79 Å². The lowest BCUT2D eigenvalue weighted by Gasteiger charge is -2.31. The van der Waals surface area contributed by atoms with Gasteiger partial charge >= 0.3 is 4.87 Å². The van der Waals surface area contributed by atoms with Crippen LogP contribution in [-0.4, -0.2) is 39.1 Å². The fourth-order valence-corrected chi connectivity index (χ4v) is 4.32. The Bertz CT molecular complexity index is 861. The number of para-hydroxylation sites is 2. The first-order chi connectivity index (χ1) is 11.7. The summed E-state index contributed by atoms with van der Waals surface area (Å²) in [6.45, 7) is 5.83. The van der Waals surface area contributed by atoms with Crippen LogP contribution in [0.1, 0.15) is 30.3 Å². The van der Waals surface area contributed by atoms with Crippen LogP contribution in [0.5, 0.6) is 0 Å². The molecule has 2 aromatic heterocycles.